The summed E-state index contributed by atoms with van der Waals surface area (Å²) in [7, 11) is 1.68. The first kappa shape index (κ1) is 19.1. The van der Waals surface area contributed by atoms with Crippen LogP contribution in [0.25, 0.3) is 10.8 Å². The van der Waals surface area contributed by atoms with Crippen LogP contribution in [0.2, 0.25) is 0 Å². The van der Waals surface area contributed by atoms with Crippen molar-refractivity contribution in [3.8, 4) is 23.0 Å². The van der Waals surface area contributed by atoms with Gasteiger partial charge in [0.2, 0.25) is 0 Å². The number of hydrogen-bond donors (Lipinski definition) is 2. The van der Waals surface area contributed by atoms with Crippen molar-refractivity contribution >= 4 is 10.8 Å². The normalized spacial score (nSPS) is 20.8. The van der Waals surface area contributed by atoms with E-state index in [1.54, 1.807) is 7.11 Å². The topological polar surface area (TPSA) is 52.4 Å². The molecule has 2 atom stereocenters. The Hall–Kier alpha value is -2.92. The lowest BCUT2D eigenvalue weighted by Gasteiger charge is -2.24. The smallest absolute Gasteiger partial charge is 0.161 e. The molecule has 2 aliphatic heterocycles. The van der Waals surface area contributed by atoms with E-state index >= 15 is 0 Å². The zero-order chi connectivity index (χ0) is 20.5. The summed E-state index contributed by atoms with van der Waals surface area (Å²) in [6, 6.07) is 16.6. The lowest BCUT2D eigenvalue weighted by atomic mass is 10.0. The van der Waals surface area contributed by atoms with E-state index in [2.05, 4.69) is 18.2 Å². The molecule has 5 heteroatoms. The number of ether oxygens (including phenoxy) is 3. The molecule has 1 unspecified atom stereocenters. The van der Waals surface area contributed by atoms with Crippen LogP contribution in [0.4, 0.5) is 0 Å². The van der Waals surface area contributed by atoms with Gasteiger partial charge in [0.25, 0.3) is 0 Å². The van der Waals surface area contributed by atoms with Crippen LogP contribution in [0.1, 0.15) is 36.4 Å². The highest BCUT2D eigenvalue weighted by Crippen LogP contribution is 2.34. The molecule has 2 heterocycles. The van der Waals surface area contributed by atoms with Crippen LogP contribution in [0, 0.1) is 0 Å². The van der Waals surface area contributed by atoms with Crippen LogP contribution >= 0.6 is 0 Å². The predicted molar refractivity (Wildman–Crippen MR) is 116 cm³/mol. The maximum atomic E-state index is 10.7. The van der Waals surface area contributed by atoms with Gasteiger partial charge in [0.1, 0.15) is 24.1 Å². The molecule has 0 saturated carbocycles. The number of phenolic OH excluding ortho intramolecular Hbond substituents is 1. The summed E-state index contributed by atoms with van der Waals surface area (Å²) in [5.41, 5.74) is 2.27. The quantitative estimate of drug-likeness (QED) is 0.695. The zero-order valence-corrected chi connectivity index (χ0v) is 17.3. The molecule has 5 nitrogen and oxygen atoms in total. The predicted octanol–water partition coefficient (Wildman–Crippen LogP) is 3.64. The molecular weight excluding hydrogens is 378 g/mol. The van der Waals surface area contributed by atoms with Gasteiger partial charge in [0.15, 0.2) is 11.5 Å². The van der Waals surface area contributed by atoms with Gasteiger partial charge < -0.3 is 24.2 Å². The second-order valence-corrected chi connectivity index (χ2v) is 8.19. The number of methoxy groups -OCH3 is 1. The van der Waals surface area contributed by atoms with Crippen LogP contribution in [-0.4, -0.2) is 32.0 Å². The SMILES string of the molecule is COc1ccc2ccc(O)c(C[NH+]3CCC[C@@H]3c3ccc4c(c3)OCCCO4)c2c1. The number of nitrogens with one attached hydrogen (secondary N) is 1. The Morgan fingerprint density at radius 3 is 2.70 bits per heavy atom. The zero-order valence-electron chi connectivity index (χ0n) is 17.3. The summed E-state index contributed by atoms with van der Waals surface area (Å²) in [5, 5.41) is 12.9. The van der Waals surface area contributed by atoms with Crippen molar-refractivity contribution in [1.29, 1.82) is 0 Å². The molecule has 0 bridgehead atoms. The Morgan fingerprint density at radius 2 is 1.83 bits per heavy atom. The van der Waals surface area contributed by atoms with Gasteiger partial charge in [-0.1, -0.05) is 12.1 Å². The Morgan fingerprint density at radius 1 is 1.00 bits per heavy atom. The second-order valence-electron chi connectivity index (χ2n) is 8.19. The summed E-state index contributed by atoms with van der Waals surface area (Å²) < 4.78 is 17.1. The minimum atomic E-state index is 0.354. The van der Waals surface area contributed by atoms with Crippen molar-refractivity contribution in [2.24, 2.45) is 0 Å². The van der Waals surface area contributed by atoms with Gasteiger partial charge in [0, 0.05) is 24.8 Å². The standard InChI is InChI=1S/C25H27NO4/c1-28-19-8-5-17-6-9-23(27)21(20(17)15-19)16-26-11-2-4-22(26)18-7-10-24-25(14-18)30-13-3-12-29-24/h5-10,14-15,22,27H,2-4,11-13,16H2,1H3/p+1/t22-/m1/s1. The highest BCUT2D eigenvalue weighted by molar-refractivity contribution is 5.88. The van der Waals surface area contributed by atoms with Crippen molar-refractivity contribution < 1.29 is 24.2 Å². The van der Waals surface area contributed by atoms with Crippen molar-refractivity contribution in [3.05, 3.63) is 59.7 Å². The van der Waals surface area contributed by atoms with Gasteiger partial charge in [-0.05, 0) is 47.2 Å². The van der Waals surface area contributed by atoms with Crippen LogP contribution in [0.3, 0.4) is 0 Å². The summed E-state index contributed by atoms with van der Waals surface area (Å²) >= 11 is 0. The van der Waals surface area contributed by atoms with Crippen LogP contribution in [0.5, 0.6) is 23.0 Å². The number of aromatic hydroxyl groups is 1. The lowest BCUT2D eigenvalue weighted by molar-refractivity contribution is -0.931. The first-order valence-electron chi connectivity index (χ1n) is 10.8. The van der Waals surface area contributed by atoms with E-state index in [0.29, 0.717) is 25.0 Å². The maximum absolute atomic E-state index is 10.7. The fourth-order valence-corrected chi connectivity index (χ4v) is 4.81. The molecule has 1 fully saturated rings. The van der Waals surface area contributed by atoms with Gasteiger partial charge in [-0.2, -0.15) is 0 Å². The van der Waals surface area contributed by atoms with Crippen LogP contribution < -0.4 is 19.1 Å². The Kier molecular flexibility index (Phi) is 5.13. The van der Waals surface area contributed by atoms with Gasteiger partial charge in [0.05, 0.1) is 32.4 Å². The molecule has 3 aromatic carbocycles. The number of likely N-dealkylation sites (tertiary alicyclic amines) is 1. The molecule has 5 rings (SSSR count). The number of hydrogen-bond acceptors (Lipinski definition) is 4. The first-order chi connectivity index (χ1) is 14.7. The first-order valence-corrected chi connectivity index (χ1v) is 10.8. The average molecular weight is 407 g/mol. The van der Waals surface area contributed by atoms with E-state index in [1.807, 2.05) is 30.3 Å². The Bertz CT molecular complexity index is 1060. The molecule has 3 aromatic rings. The number of rotatable bonds is 4. The monoisotopic (exact) mass is 406 g/mol. The average Bonchev–Trinajstić information content (AvgIpc) is 3.11. The summed E-state index contributed by atoms with van der Waals surface area (Å²) in [4.78, 5) is 1.47. The van der Waals surface area contributed by atoms with Crippen molar-refractivity contribution in [1.82, 2.24) is 0 Å². The van der Waals surface area contributed by atoms with E-state index in [1.165, 1.54) is 16.9 Å². The molecule has 0 aliphatic carbocycles. The largest absolute Gasteiger partial charge is 0.507 e. The lowest BCUT2D eigenvalue weighted by Crippen LogP contribution is -3.08. The molecule has 0 radical (unpaired) electrons. The highest BCUT2D eigenvalue weighted by atomic mass is 16.5. The molecular formula is C25H28NO4+. The second kappa shape index (κ2) is 8.07. The van der Waals surface area contributed by atoms with E-state index in [9.17, 15) is 5.11 Å². The summed E-state index contributed by atoms with van der Waals surface area (Å²) in [6.45, 7) is 3.26. The molecule has 30 heavy (non-hydrogen) atoms. The third-order valence-electron chi connectivity index (χ3n) is 6.38. The van der Waals surface area contributed by atoms with E-state index < -0.39 is 0 Å². The number of phenols is 1. The molecule has 0 spiro atoms. The summed E-state index contributed by atoms with van der Waals surface area (Å²) in [6.07, 6.45) is 3.21. The molecule has 2 N–H and O–H groups in total. The third-order valence-corrected chi connectivity index (χ3v) is 6.38. The minimum Gasteiger partial charge on any atom is -0.507 e. The van der Waals surface area contributed by atoms with Crippen molar-refractivity contribution in [2.45, 2.75) is 31.8 Å². The van der Waals surface area contributed by atoms with E-state index in [0.717, 1.165) is 59.5 Å². The third kappa shape index (κ3) is 3.54. The van der Waals surface area contributed by atoms with Gasteiger partial charge in [-0.3, -0.25) is 0 Å². The Balaban J connectivity index is 1.47. The van der Waals surface area contributed by atoms with Gasteiger partial charge in [-0.25, -0.2) is 0 Å². The Labute approximate surface area is 176 Å². The fraction of sp³-hybridized carbons (Fsp3) is 0.360. The number of fused-ring (bicyclic) bond motifs is 2. The minimum absolute atomic E-state index is 0.354. The van der Waals surface area contributed by atoms with Crippen molar-refractivity contribution in [3.63, 3.8) is 0 Å². The van der Waals surface area contributed by atoms with Crippen molar-refractivity contribution in [2.75, 3.05) is 26.9 Å². The number of quaternary nitrogens is 1. The van der Waals surface area contributed by atoms with E-state index in [-0.39, 0.29) is 0 Å². The summed E-state index contributed by atoms with van der Waals surface area (Å²) in [5.74, 6) is 2.86. The number of benzene rings is 3. The van der Waals surface area contributed by atoms with Gasteiger partial charge in [-0.15, -0.1) is 0 Å². The molecule has 0 aromatic heterocycles. The van der Waals surface area contributed by atoms with Crippen LogP contribution in [-0.2, 0) is 6.54 Å². The molecule has 2 aliphatic rings. The van der Waals surface area contributed by atoms with Crippen LogP contribution in [0.15, 0.2) is 48.5 Å². The molecule has 1 saturated heterocycles. The highest BCUT2D eigenvalue weighted by Gasteiger charge is 2.32. The molecule has 0 amide bonds. The van der Waals surface area contributed by atoms with Gasteiger partial charge >= 0.3 is 0 Å². The molecule has 156 valence electrons. The van der Waals surface area contributed by atoms with E-state index in [4.69, 9.17) is 14.2 Å². The maximum Gasteiger partial charge on any atom is 0.161 e. The fourth-order valence-electron chi connectivity index (χ4n) is 4.81.